The quantitative estimate of drug-likeness (QED) is 0.822. The molecule has 1 aromatic rings. The van der Waals surface area contributed by atoms with Crippen LogP contribution in [0.25, 0.3) is 0 Å². The second kappa shape index (κ2) is 6.29. The first-order valence-electron chi connectivity index (χ1n) is 5.85. The van der Waals surface area contributed by atoms with Crippen molar-refractivity contribution in [2.45, 2.75) is 13.3 Å². The normalized spacial score (nSPS) is 19.0. The molecule has 1 amide bonds. The first-order valence-corrected chi connectivity index (χ1v) is 8.01. The summed E-state index contributed by atoms with van der Waals surface area (Å²) in [7, 11) is 0. The summed E-state index contributed by atoms with van der Waals surface area (Å²) in [5.41, 5.74) is 0.805. The number of hydrogen-bond acceptors (Lipinski definition) is 3. The van der Waals surface area contributed by atoms with Crippen molar-refractivity contribution in [1.82, 2.24) is 0 Å². The predicted molar refractivity (Wildman–Crippen MR) is 82.8 cm³/mol. The van der Waals surface area contributed by atoms with Crippen LogP contribution < -0.4 is 4.90 Å². The minimum Gasteiger partial charge on any atom is -0.312 e. The number of anilines is 1. The van der Waals surface area contributed by atoms with E-state index < -0.39 is 0 Å². The highest BCUT2D eigenvalue weighted by molar-refractivity contribution is 9.10. The van der Waals surface area contributed by atoms with Crippen molar-refractivity contribution >= 4 is 56.0 Å². The summed E-state index contributed by atoms with van der Waals surface area (Å²) in [5, 5.41) is 0.690. The van der Waals surface area contributed by atoms with Crippen molar-refractivity contribution in [2.75, 3.05) is 17.2 Å². The summed E-state index contributed by atoms with van der Waals surface area (Å²) in [5.74, 6) is 1.00. The van der Waals surface area contributed by atoms with E-state index in [0.717, 1.165) is 10.2 Å². The molecule has 6 heteroatoms. The van der Waals surface area contributed by atoms with Gasteiger partial charge in [0.05, 0.1) is 0 Å². The van der Waals surface area contributed by atoms with Crippen molar-refractivity contribution in [3.8, 4) is 0 Å². The summed E-state index contributed by atoms with van der Waals surface area (Å²) >= 11 is 10.7. The number of halogens is 2. The summed E-state index contributed by atoms with van der Waals surface area (Å²) in [6.45, 7) is 2.19. The zero-order chi connectivity index (χ0) is 14.0. The number of amides is 1. The summed E-state index contributed by atoms with van der Waals surface area (Å²) in [4.78, 5) is 24.7. The van der Waals surface area contributed by atoms with Crippen molar-refractivity contribution in [3.05, 3.63) is 27.7 Å². The van der Waals surface area contributed by atoms with E-state index in [2.05, 4.69) is 15.9 Å². The Labute approximate surface area is 129 Å². The maximum atomic E-state index is 12.0. The van der Waals surface area contributed by atoms with E-state index in [0.29, 0.717) is 23.7 Å². The van der Waals surface area contributed by atoms with E-state index in [9.17, 15) is 9.59 Å². The number of thioether (sulfide) groups is 1. The van der Waals surface area contributed by atoms with Gasteiger partial charge in [-0.25, -0.2) is 0 Å². The maximum absolute atomic E-state index is 12.0. The fraction of sp³-hybridized carbons (Fsp3) is 0.385. The lowest BCUT2D eigenvalue weighted by Crippen LogP contribution is -2.24. The fourth-order valence-corrected chi connectivity index (χ4v) is 3.61. The van der Waals surface area contributed by atoms with Gasteiger partial charge in [-0.2, -0.15) is 0 Å². The molecule has 1 heterocycles. The second-order valence-electron chi connectivity index (χ2n) is 4.50. The van der Waals surface area contributed by atoms with Gasteiger partial charge in [0, 0.05) is 40.8 Å². The van der Waals surface area contributed by atoms with E-state index in [1.54, 1.807) is 24.0 Å². The van der Waals surface area contributed by atoms with E-state index in [-0.39, 0.29) is 16.9 Å². The van der Waals surface area contributed by atoms with Crippen LogP contribution in [0.2, 0.25) is 5.02 Å². The number of nitrogens with zero attached hydrogens (tertiary/aromatic N) is 1. The number of hydrogen-bond donors (Lipinski definition) is 0. The van der Waals surface area contributed by atoms with Crippen LogP contribution in [0.3, 0.4) is 0 Å². The Morgan fingerprint density at radius 1 is 1.53 bits per heavy atom. The summed E-state index contributed by atoms with van der Waals surface area (Å²) in [6.07, 6.45) is 0.490. The number of rotatable bonds is 3. The third-order valence-electron chi connectivity index (χ3n) is 2.89. The summed E-state index contributed by atoms with van der Waals surface area (Å²) in [6, 6.07) is 5.45. The Morgan fingerprint density at radius 3 is 2.89 bits per heavy atom. The minimum absolute atomic E-state index is 0.0864. The topological polar surface area (TPSA) is 37.4 Å². The highest BCUT2D eigenvalue weighted by atomic mass is 79.9. The lowest BCUT2D eigenvalue weighted by Gasteiger charge is -2.17. The minimum atomic E-state index is 0.0864. The molecule has 1 unspecified atom stereocenters. The molecule has 0 N–H and O–H groups in total. The van der Waals surface area contributed by atoms with Crippen LogP contribution in [0.1, 0.15) is 13.3 Å². The second-order valence-corrected chi connectivity index (χ2v) is 7.05. The Kier molecular flexibility index (Phi) is 4.92. The highest BCUT2D eigenvalue weighted by Gasteiger charge is 2.31. The molecule has 1 atom stereocenters. The zero-order valence-corrected chi connectivity index (χ0v) is 13.5. The molecule has 102 valence electrons. The van der Waals surface area contributed by atoms with E-state index in [1.165, 1.54) is 11.8 Å². The third-order valence-corrected chi connectivity index (χ3v) is 4.61. The SMILES string of the molecule is CC(=O)SCC1CC(=O)N(c2cc(Cl)cc(Br)c2)C1. The molecule has 1 aliphatic heterocycles. The van der Waals surface area contributed by atoms with Crippen molar-refractivity contribution in [3.63, 3.8) is 0 Å². The van der Waals surface area contributed by atoms with Gasteiger partial charge in [0.2, 0.25) is 5.91 Å². The standard InChI is InChI=1S/C13H13BrClNO2S/c1-8(17)19-7-9-2-13(18)16(6-9)12-4-10(14)3-11(15)5-12/h3-5,9H,2,6-7H2,1H3. The molecule has 1 saturated heterocycles. The van der Waals surface area contributed by atoms with Gasteiger partial charge in [0.1, 0.15) is 0 Å². The van der Waals surface area contributed by atoms with Gasteiger partial charge in [0.15, 0.2) is 5.12 Å². The molecule has 1 fully saturated rings. The lowest BCUT2D eigenvalue weighted by atomic mass is 10.1. The lowest BCUT2D eigenvalue weighted by molar-refractivity contribution is -0.117. The summed E-state index contributed by atoms with van der Waals surface area (Å²) < 4.78 is 0.851. The van der Waals surface area contributed by atoms with Gasteiger partial charge in [-0.1, -0.05) is 39.3 Å². The molecule has 2 rings (SSSR count). The number of benzene rings is 1. The van der Waals surface area contributed by atoms with Crippen molar-refractivity contribution in [2.24, 2.45) is 5.92 Å². The molecule has 0 aromatic heterocycles. The molecule has 0 bridgehead atoms. The molecule has 3 nitrogen and oxygen atoms in total. The van der Waals surface area contributed by atoms with Crippen LogP contribution in [0, 0.1) is 5.92 Å². The molecular weight excluding hydrogens is 350 g/mol. The Balaban J connectivity index is 2.09. The fourth-order valence-electron chi connectivity index (χ4n) is 2.07. The Hall–Kier alpha value is -0.520. The number of carbonyl (C=O) groups excluding carboxylic acids is 2. The first-order chi connectivity index (χ1) is 8.95. The average Bonchev–Trinajstić information content (AvgIpc) is 2.66. The van der Waals surface area contributed by atoms with Gasteiger partial charge < -0.3 is 4.90 Å². The molecule has 1 aliphatic rings. The Bertz CT molecular complexity index is 503. The molecular formula is C13H13BrClNO2S. The zero-order valence-electron chi connectivity index (χ0n) is 10.4. The van der Waals surface area contributed by atoms with Crippen LogP contribution in [-0.2, 0) is 9.59 Å². The van der Waals surface area contributed by atoms with E-state index in [4.69, 9.17) is 11.6 Å². The van der Waals surface area contributed by atoms with E-state index >= 15 is 0 Å². The maximum Gasteiger partial charge on any atom is 0.227 e. The van der Waals surface area contributed by atoms with Crippen LogP contribution in [-0.4, -0.2) is 23.3 Å². The smallest absolute Gasteiger partial charge is 0.227 e. The van der Waals surface area contributed by atoms with Crippen LogP contribution in [0.5, 0.6) is 0 Å². The van der Waals surface area contributed by atoms with Gasteiger partial charge in [-0.3, -0.25) is 9.59 Å². The van der Waals surface area contributed by atoms with Gasteiger partial charge in [-0.15, -0.1) is 0 Å². The van der Waals surface area contributed by atoms with Crippen LogP contribution in [0.15, 0.2) is 22.7 Å². The van der Waals surface area contributed by atoms with Gasteiger partial charge in [-0.05, 0) is 24.1 Å². The molecule has 1 aromatic carbocycles. The predicted octanol–water partition coefficient (Wildman–Crippen LogP) is 3.74. The van der Waals surface area contributed by atoms with Crippen molar-refractivity contribution in [1.29, 1.82) is 0 Å². The molecule has 0 spiro atoms. The molecule has 0 aliphatic carbocycles. The van der Waals surface area contributed by atoms with E-state index in [1.807, 2.05) is 6.07 Å². The van der Waals surface area contributed by atoms with Gasteiger partial charge in [0.25, 0.3) is 0 Å². The van der Waals surface area contributed by atoms with Crippen LogP contribution >= 0.6 is 39.3 Å². The average molecular weight is 363 g/mol. The molecule has 0 saturated carbocycles. The van der Waals surface area contributed by atoms with Crippen LogP contribution in [0.4, 0.5) is 5.69 Å². The molecule has 19 heavy (non-hydrogen) atoms. The monoisotopic (exact) mass is 361 g/mol. The first kappa shape index (κ1) is 14.9. The number of carbonyl (C=O) groups is 2. The Morgan fingerprint density at radius 2 is 2.26 bits per heavy atom. The van der Waals surface area contributed by atoms with Crippen molar-refractivity contribution < 1.29 is 9.59 Å². The highest BCUT2D eigenvalue weighted by Crippen LogP contribution is 2.31. The molecule has 0 radical (unpaired) electrons. The third kappa shape index (κ3) is 3.97. The van der Waals surface area contributed by atoms with Gasteiger partial charge >= 0.3 is 0 Å². The largest absolute Gasteiger partial charge is 0.312 e.